The summed E-state index contributed by atoms with van der Waals surface area (Å²) in [6.07, 6.45) is 2.41. The highest BCUT2D eigenvalue weighted by Gasteiger charge is 2.39. The molecule has 4 aromatic carbocycles. The summed E-state index contributed by atoms with van der Waals surface area (Å²) >= 11 is 0. The van der Waals surface area contributed by atoms with Crippen molar-refractivity contribution in [3.05, 3.63) is 138 Å². The van der Waals surface area contributed by atoms with Crippen molar-refractivity contribution in [3.8, 4) is 0 Å². The van der Waals surface area contributed by atoms with Gasteiger partial charge >= 0.3 is 0 Å². The van der Waals surface area contributed by atoms with Crippen molar-refractivity contribution in [2.45, 2.75) is 18.4 Å². The molecule has 36 heavy (non-hydrogen) atoms. The summed E-state index contributed by atoms with van der Waals surface area (Å²) in [6.45, 7) is 1.60. The SMILES string of the molecule is O=Cc1ccc(N2CCC(C(=O)NC(c3ccccc3)(c3ccccc3)c3ccccc3)CC2)cc1. The minimum Gasteiger partial charge on any atom is -0.371 e. The molecule has 180 valence electrons. The Labute approximate surface area is 212 Å². The van der Waals surface area contributed by atoms with E-state index in [4.69, 9.17) is 0 Å². The Morgan fingerprint density at radius 2 is 1.14 bits per heavy atom. The van der Waals surface area contributed by atoms with E-state index in [0.29, 0.717) is 5.56 Å². The van der Waals surface area contributed by atoms with E-state index in [0.717, 1.165) is 54.6 Å². The summed E-state index contributed by atoms with van der Waals surface area (Å²) in [5.41, 5.74) is 4.07. The summed E-state index contributed by atoms with van der Waals surface area (Å²) in [7, 11) is 0. The second-order valence-corrected chi connectivity index (χ2v) is 9.31. The van der Waals surface area contributed by atoms with Gasteiger partial charge in [0.05, 0.1) is 0 Å². The lowest BCUT2D eigenvalue weighted by molar-refractivity contribution is -0.126. The van der Waals surface area contributed by atoms with Gasteiger partial charge in [0.25, 0.3) is 0 Å². The second-order valence-electron chi connectivity index (χ2n) is 9.31. The number of hydrogen-bond acceptors (Lipinski definition) is 3. The van der Waals surface area contributed by atoms with Crippen molar-refractivity contribution in [2.75, 3.05) is 18.0 Å². The Morgan fingerprint density at radius 1 is 0.694 bits per heavy atom. The zero-order chi connectivity index (χ0) is 24.8. The van der Waals surface area contributed by atoms with Crippen LogP contribution in [0, 0.1) is 5.92 Å². The molecule has 0 unspecified atom stereocenters. The third kappa shape index (κ3) is 4.67. The lowest BCUT2D eigenvalue weighted by Crippen LogP contribution is -2.51. The van der Waals surface area contributed by atoms with Gasteiger partial charge in [0.15, 0.2) is 0 Å². The molecule has 1 fully saturated rings. The predicted octanol–water partition coefficient (Wildman–Crippen LogP) is 5.82. The average Bonchev–Trinajstić information content (AvgIpc) is 2.97. The predicted molar refractivity (Wildman–Crippen MR) is 144 cm³/mol. The fraction of sp³-hybridized carbons (Fsp3) is 0.188. The number of nitrogens with one attached hydrogen (secondary N) is 1. The Bertz CT molecular complexity index is 1180. The Kier molecular flexibility index (Phi) is 6.94. The van der Waals surface area contributed by atoms with Gasteiger partial charge in [-0.2, -0.15) is 0 Å². The van der Waals surface area contributed by atoms with Crippen molar-refractivity contribution in [2.24, 2.45) is 5.92 Å². The molecule has 0 saturated carbocycles. The van der Waals surface area contributed by atoms with Crippen LogP contribution in [0.5, 0.6) is 0 Å². The van der Waals surface area contributed by atoms with E-state index in [1.54, 1.807) is 0 Å². The quantitative estimate of drug-likeness (QED) is 0.271. The zero-order valence-electron chi connectivity index (χ0n) is 20.2. The minimum absolute atomic E-state index is 0.0718. The maximum Gasteiger partial charge on any atom is 0.224 e. The second kappa shape index (κ2) is 10.6. The van der Waals surface area contributed by atoms with Crippen molar-refractivity contribution >= 4 is 17.9 Å². The fourth-order valence-electron chi connectivity index (χ4n) is 5.23. The third-order valence-corrected chi connectivity index (χ3v) is 7.19. The van der Waals surface area contributed by atoms with Crippen LogP contribution in [0.4, 0.5) is 5.69 Å². The molecule has 1 N–H and O–H groups in total. The van der Waals surface area contributed by atoms with Gasteiger partial charge in [-0.05, 0) is 53.8 Å². The average molecular weight is 475 g/mol. The molecule has 0 bridgehead atoms. The van der Waals surface area contributed by atoms with Crippen LogP contribution in [0.25, 0.3) is 0 Å². The van der Waals surface area contributed by atoms with Crippen LogP contribution in [0.1, 0.15) is 39.9 Å². The summed E-state index contributed by atoms with van der Waals surface area (Å²) in [5, 5.41) is 3.52. The first kappa shape index (κ1) is 23.6. The molecule has 1 amide bonds. The molecule has 5 rings (SSSR count). The van der Waals surface area contributed by atoms with Gasteiger partial charge in [0.2, 0.25) is 5.91 Å². The van der Waals surface area contributed by atoms with Crippen LogP contribution >= 0.6 is 0 Å². The minimum atomic E-state index is -0.789. The number of piperidine rings is 1. The lowest BCUT2D eigenvalue weighted by Gasteiger charge is -2.39. The Hall–Kier alpha value is -4.18. The molecule has 0 aromatic heterocycles. The fourth-order valence-corrected chi connectivity index (χ4v) is 5.23. The molecule has 0 radical (unpaired) electrons. The zero-order valence-corrected chi connectivity index (χ0v) is 20.2. The normalized spacial score (nSPS) is 14.3. The van der Waals surface area contributed by atoms with Crippen molar-refractivity contribution < 1.29 is 9.59 Å². The van der Waals surface area contributed by atoms with Crippen molar-refractivity contribution in [1.29, 1.82) is 0 Å². The first-order valence-electron chi connectivity index (χ1n) is 12.5. The number of carbonyl (C=O) groups is 2. The van der Waals surface area contributed by atoms with E-state index in [2.05, 4.69) is 46.6 Å². The number of anilines is 1. The number of aldehydes is 1. The maximum atomic E-state index is 13.9. The summed E-state index contributed by atoms with van der Waals surface area (Å²) in [6, 6.07) is 38.3. The van der Waals surface area contributed by atoms with Crippen LogP contribution in [0.2, 0.25) is 0 Å². The highest BCUT2D eigenvalue weighted by molar-refractivity contribution is 5.82. The highest BCUT2D eigenvalue weighted by atomic mass is 16.2. The number of benzene rings is 4. The first-order valence-corrected chi connectivity index (χ1v) is 12.5. The molecule has 1 heterocycles. The first-order chi connectivity index (χ1) is 17.7. The topological polar surface area (TPSA) is 49.4 Å². The van der Waals surface area contributed by atoms with E-state index >= 15 is 0 Å². The number of carbonyl (C=O) groups excluding carboxylic acids is 2. The lowest BCUT2D eigenvalue weighted by atomic mass is 9.76. The van der Waals surface area contributed by atoms with Crippen LogP contribution in [-0.4, -0.2) is 25.3 Å². The highest BCUT2D eigenvalue weighted by Crippen LogP contribution is 2.37. The van der Waals surface area contributed by atoms with Gasteiger partial charge < -0.3 is 10.2 Å². The van der Waals surface area contributed by atoms with E-state index < -0.39 is 5.54 Å². The van der Waals surface area contributed by atoms with Gasteiger partial charge in [-0.3, -0.25) is 9.59 Å². The number of nitrogens with zero attached hydrogens (tertiary/aromatic N) is 1. The molecule has 0 atom stereocenters. The summed E-state index contributed by atoms with van der Waals surface area (Å²) in [4.78, 5) is 27.2. The molecule has 1 aliphatic heterocycles. The largest absolute Gasteiger partial charge is 0.371 e. The molecular formula is C32H30N2O2. The van der Waals surface area contributed by atoms with E-state index in [1.807, 2.05) is 78.9 Å². The third-order valence-electron chi connectivity index (χ3n) is 7.19. The van der Waals surface area contributed by atoms with E-state index in [-0.39, 0.29) is 11.8 Å². The van der Waals surface area contributed by atoms with Gasteiger partial charge in [0, 0.05) is 30.3 Å². The molecule has 4 heteroatoms. The van der Waals surface area contributed by atoms with Gasteiger partial charge in [0.1, 0.15) is 11.8 Å². The van der Waals surface area contributed by atoms with Crippen LogP contribution < -0.4 is 10.2 Å². The molecule has 1 saturated heterocycles. The van der Waals surface area contributed by atoms with Gasteiger partial charge in [-0.15, -0.1) is 0 Å². The van der Waals surface area contributed by atoms with Crippen LogP contribution in [-0.2, 0) is 10.3 Å². The van der Waals surface area contributed by atoms with E-state index in [1.165, 1.54) is 0 Å². The standard InChI is InChI=1S/C32H30N2O2/c35-24-25-16-18-30(19-17-25)34-22-20-26(21-23-34)31(36)33-32(27-10-4-1-5-11-27,28-12-6-2-7-13-28)29-14-8-3-9-15-29/h1-19,24,26H,20-23H2,(H,33,36). The summed E-state index contributed by atoms with van der Waals surface area (Å²) in [5.74, 6) is -0.00600. The smallest absolute Gasteiger partial charge is 0.224 e. The molecule has 4 aromatic rings. The van der Waals surface area contributed by atoms with E-state index in [9.17, 15) is 9.59 Å². The summed E-state index contributed by atoms with van der Waals surface area (Å²) < 4.78 is 0. The molecule has 0 spiro atoms. The van der Waals surface area contributed by atoms with Crippen molar-refractivity contribution in [3.63, 3.8) is 0 Å². The van der Waals surface area contributed by atoms with Gasteiger partial charge in [-0.25, -0.2) is 0 Å². The van der Waals surface area contributed by atoms with Crippen LogP contribution in [0.15, 0.2) is 115 Å². The molecule has 0 aliphatic carbocycles. The maximum absolute atomic E-state index is 13.9. The molecular weight excluding hydrogens is 444 g/mol. The number of rotatable bonds is 7. The van der Waals surface area contributed by atoms with Gasteiger partial charge in [-0.1, -0.05) is 91.0 Å². The number of hydrogen-bond donors (Lipinski definition) is 1. The Morgan fingerprint density at radius 3 is 1.56 bits per heavy atom. The Balaban J connectivity index is 1.43. The van der Waals surface area contributed by atoms with Crippen molar-refractivity contribution in [1.82, 2.24) is 5.32 Å². The van der Waals surface area contributed by atoms with Crippen LogP contribution in [0.3, 0.4) is 0 Å². The monoisotopic (exact) mass is 474 g/mol. The number of amides is 1. The molecule has 1 aliphatic rings. The molecule has 4 nitrogen and oxygen atoms in total.